The van der Waals surface area contributed by atoms with Gasteiger partial charge in [-0.05, 0) is 6.92 Å². The fraction of sp³-hybridized carbons (Fsp3) is 0.375. The molecule has 9 heteroatoms. The first-order valence-electron chi connectivity index (χ1n) is 4.91. The quantitative estimate of drug-likeness (QED) is 0.729. The van der Waals surface area contributed by atoms with Crippen molar-refractivity contribution in [3.8, 4) is 6.01 Å². The average Bonchev–Trinajstić information content (AvgIpc) is 2.79. The van der Waals surface area contributed by atoms with Gasteiger partial charge in [-0.15, -0.1) is 0 Å². The van der Waals surface area contributed by atoms with E-state index in [1.165, 1.54) is 6.39 Å². The van der Waals surface area contributed by atoms with Crippen molar-refractivity contribution in [3.63, 3.8) is 0 Å². The zero-order valence-electron chi connectivity index (χ0n) is 9.12. The lowest BCUT2D eigenvalue weighted by Crippen LogP contribution is -2.09. The molecule has 0 saturated carbocycles. The second-order valence-electron chi connectivity index (χ2n) is 2.93. The number of nitrogens with zero attached hydrogens (tertiary/aromatic N) is 5. The number of hydrogen-bond donors (Lipinski definition) is 2. The monoisotopic (exact) mass is 237 g/mol. The summed E-state index contributed by atoms with van der Waals surface area (Å²) in [4.78, 5) is 15.5. The van der Waals surface area contributed by atoms with Crippen LogP contribution in [0.5, 0.6) is 6.01 Å². The van der Waals surface area contributed by atoms with Crippen LogP contribution in [0.4, 0.5) is 11.9 Å². The van der Waals surface area contributed by atoms with E-state index in [2.05, 4.69) is 34.9 Å². The maximum atomic E-state index is 5.51. The first-order valence-corrected chi connectivity index (χ1v) is 4.91. The molecule has 0 aromatic carbocycles. The highest BCUT2D eigenvalue weighted by Gasteiger charge is 2.05. The van der Waals surface area contributed by atoms with Gasteiger partial charge in [0.1, 0.15) is 0 Å². The van der Waals surface area contributed by atoms with Crippen LogP contribution < -0.4 is 15.8 Å². The first-order chi connectivity index (χ1) is 8.28. The summed E-state index contributed by atoms with van der Waals surface area (Å²) in [5.41, 5.74) is 5.51. The Morgan fingerprint density at radius 2 is 2.29 bits per heavy atom. The van der Waals surface area contributed by atoms with Crippen molar-refractivity contribution < 1.29 is 9.26 Å². The Hall–Kier alpha value is -2.45. The Morgan fingerprint density at radius 3 is 3.00 bits per heavy atom. The van der Waals surface area contributed by atoms with E-state index in [1.807, 2.05) is 6.92 Å². The number of anilines is 2. The molecule has 3 N–H and O–H groups in total. The molecule has 90 valence electrons. The van der Waals surface area contributed by atoms with Crippen LogP contribution in [0.15, 0.2) is 10.9 Å². The lowest BCUT2D eigenvalue weighted by molar-refractivity contribution is 0.312. The van der Waals surface area contributed by atoms with E-state index in [9.17, 15) is 0 Å². The number of nitrogens with two attached hydrogens (primary N) is 1. The Kier molecular flexibility index (Phi) is 3.28. The Bertz CT molecular complexity index is 473. The van der Waals surface area contributed by atoms with Crippen molar-refractivity contribution in [2.45, 2.75) is 13.5 Å². The van der Waals surface area contributed by atoms with E-state index >= 15 is 0 Å². The molecular weight excluding hydrogens is 226 g/mol. The molecule has 0 unspecified atom stereocenters. The minimum Gasteiger partial charge on any atom is -0.464 e. The highest BCUT2D eigenvalue weighted by molar-refractivity contribution is 5.32. The topological polar surface area (TPSA) is 125 Å². The third-order valence-corrected chi connectivity index (χ3v) is 1.72. The van der Waals surface area contributed by atoms with Crippen LogP contribution in [0, 0.1) is 0 Å². The molecule has 2 aromatic rings. The maximum Gasteiger partial charge on any atom is 0.323 e. The predicted molar refractivity (Wildman–Crippen MR) is 57.0 cm³/mol. The zero-order valence-corrected chi connectivity index (χ0v) is 9.12. The van der Waals surface area contributed by atoms with Gasteiger partial charge < -0.3 is 20.3 Å². The molecule has 17 heavy (non-hydrogen) atoms. The molecular formula is C8H11N7O2. The normalized spacial score (nSPS) is 10.2. The van der Waals surface area contributed by atoms with E-state index in [0.717, 1.165) is 0 Å². The van der Waals surface area contributed by atoms with E-state index in [0.29, 0.717) is 24.9 Å². The summed E-state index contributed by atoms with van der Waals surface area (Å²) in [6.07, 6.45) is 1.24. The van der Waals surface area contributed by atoms with Crippen molar-refractivity contribution in [1.29, 1.82) is 0 Å². The molecule has 0 atom stereocenters. The summed E-state index contributed by atoms with van der Waals surface area (Å²) in [5, 5.41) is 6.51. The van der Waals surface area contributed by atoms with E-state index < -0.39 is 0 Å². The van der Waals surface area contributed by atoms with E-state index in [-0.39, 0.29) is 12.0 Å². The van der Waals surface area contributed by atoms with Crippen LogP contribution in [0.1, 0.15) is 12.7 Å². The largest absolute Gasteiger partial charge is 0.464 e. The van der Waals surface area contributed by atoms with Gasteiger partial charge in [-0.25, -0.2) is 0 Å². The number of aromatic nitrogens is 5. The summed E-state index contributed by atoms with van der Waals surface area (Å²) >= 11 is 0. The molecule has 0 amide bonds. The highest BCUT2D eigenvalue weighted by Crippen LogP contribution is 2.09. The smallest absolute Gasteiger partial charge is 0.323 e. The van der Waals surface area contributed by atoms with E-state index in [1.54, 1.807) is 0 Å². The second-order valence-corrected chi connectivity index (χ2v) is 2.93. The van der Waals surface area contributed by atoms with Gasteiger partial charge in [0.25, 0.3) is 0 Å². The van der Waals surface area contributed by atoms with Gasteiger partial charge in [0.05, 0.1) is 13.2 Å². The van der Waals surface area contributed by atoms with Gasteiger partial charge in [-0.1, -0.05) is 5.16 Å². The molecule has 2 rings (SSSR count). The minimum atomic E-state index is 0.0825. The summed E-state index contributed by atoms with van der Waals surface area (Å²) in [6, 6.07) is 0.176. The molecule has 0 spiro atoms. The van der Waals surface area contributed by atoms with Crippen LogP contribution in [0.3, 0.4) is 0 Å². The first kappa shape index (κ1) is 11.0. The fourth-order valence-corrected chi connectivity index (χ4v) is 1.07. The third-order valence-electron chi connectivity index (χ3n) is 1.72. The lowest BCUT2D eigenvalue weighted by Gasteiger charge is -2.05. The Balaban J connectivity index is 2.04. The van der Waals surface area contributed by atoms with Gasteiger partial charge in [-0.3, -0.25) is 0 Å². The van der Waals surface area contributed by atoms with Crippen molar-refractivity contribution in [3.05, 3.63) is 12.2 Å². The molecule has 0 radical (unpaired) electrons. The highest BCUT2D eigenvalue weighted by atomic mass is 16.5. The summed E-state index contributed by atoms with van der Waals surface area (Å²) < 4.78 is 9.72. The van der Waals surface area contributed by atoms with Gasteiger partial charge >= 0.3 is 6.01 Å². The van der Waals surface area contributed by atoms with Crippen LogP contribution in [-0.4, -0.2) is 31.7 Å². The summed E-state index contributed by atoms with van der Waals surface area (Å²) in [6.45, 7) is 2.60. The number of rotatable bonds is 5. The minimum absolute atomic E-state index is 0.0825. The standard InChI is InChI=1S/C8H11N7O2/c1-2-16-8-13-6(9)12-7(14-8)10-3-5-11-4-17-15-5/h4H,2-3H2,1H3,(H3,9,10,12,13,14). The van der Waals surface area contributed by atoms with Crippen LogP contribution >= 0.6 is 0 Å². The molecule has 0 saturated heterocycles. The molecule has 0 aliphatic carbocycles. The maximum absolute atomic E-state index is 5.51. The van der Waals surface area contributed by atoms with Crippen molar-refractivity contribution in [1.82, 2.24) is 25.1 Å². The number of nitrogen functional groups attached to an aromatic ring is 1. The second kappa shape index (κ2) is 5.05. The number of ether oxygens (including phenoxy) is 1. The molecule has 0 aliphatic rings. The van der Waals surface area contributed by atoms with Crippen molar-refractivity contribution >= 4 is 11.9 Å². The molecule has 9 nitrogen and oxygen atoms in total. The summed E-state index contributed by atoms with van der Waals surface area (Å²) in [5.74, 6) is 0.867. The number of nitrogens with one attached hydrogen (secondary N) is 1. The van der Waals surface area contributed by atoms with Gasteiger partial charge in [-0.2, -0.15) is 19.9 Å². The van der Waals surface area contributed by atoms with Gasteiger partial charge in [0.15, 0.2) is 5.82 Å². The number of hydrogen-bond acceptors (Lipinski definition) is 9. The van der Waals surface area contributed by atoms with Crippen molar-refractivity contribution in [2.24, 2.45) is 0 Å². The third kappa shape index (κ3) is 3.00. The average molecular weight is 237 g/mol. The zero-order chi connectivity index (χ0) is 12.1. The predicted octanol–water partition coefficient (Wildman–Crippen LogP) is -0.152. The Labute approximate surface area is 96.4 Å². The lowest BCUT2D eigenvalue weighted by atomic mass is 10.6. The molecule has 0 aliphatic heterocycles. The van der Waals surface area contributed by atoms with Crippen LogP contribution in [-0.2, 0) is 6.54 Å². The van der Waals surface area contributed by atoms with E-state index in [4.69, 9.17) is 10.5 Å². The molecule has 0 fully saturated rings. The van der Waals surface area contributed by atoms with Crippen molar-refractivity contribution in [2.75, 3.05) is 17.7 Å². The Morgan fingerprint density at radius 1 is 1.41 bits per heavy atom. The molecule has 2 aromatic heterocycles. The fourth-order valence-electron chi connectivity index (χ4n) is 1.07. The van der Waals surface area contributed by atoms with Crippen LogP contribution in [0.25, 0.3) is 0 Å². The van der Waals surface area contributed by atoms with Crippen LogP contribution in [0.2, 0.25) is 0 Å². The SMILES string of the molecule is CCOc1nc(N)nc(NCc2ncon2)n1. The van der Waals surface area contributed by atoms with Gasteiger partial charge in [0, 0.05) is 0 Å². The summed E-state index contributed by atoms with van der Waals surface area (Å²) in [7, 11) is 0. The molecule has 0 bridgehead atoms. The molecule has 2 heterocycles. The van der Waals surface area contributed by atoms with Gasteiger partial charge in [0.2, 0.25) is 18.3 Å².